The Morgan fingerprint density at radius 1 is 1.42 bits per heavy atom. The van der Waals surface area contributed by atoms with Gasteiger partial charge in [-0.2, -0.15) is 24.4 Å². The lowest BCUT2D eigenvalue weighted by Gasteiger charge is -2.09. The molecule has 0 heterocycles. The average molecular weight is 299 g/mol. The van der Waals surface area contributed by atoms with Crippen molar-refractivity contribution in [2.45, 2.75) is 18.7 Å². The van der Waals surface area contributed by atoms with Crippen molar-refractivity contribution in [1.82, 2.24) is 5.32 Å². The number of hydrogen-bond acceptors (Lipinski definition) is 5. The van der Waals surface area contributed by atoms with Gasteiger partial charge < -0.3 is 10.1 Å². The lowest BCUT2D eigenvalue weighted by Crippen LogP contribution is -2.23. The Hall–Kier alpha value is -0.650. The predicted octanol–water partition coefficient (Wildman–Crippen LogP) is 2.87. The van der Waals surface area contributed by atoms with E-state index in [9.17, 15) is 4.79 Å². The van der Waals surface area contributed by atoms with E-state index in [0.717, 1.165) is 24.3 Å². The second-order valence-corrected chi connectivity index (χ2v) is 5.85. The molecule has 0 amide bonds. The zero-order valence-electron chi connectivity index (χ0n) is 11.4. The number of thioether (sulfide) groups is 1. The van der Waals surface area contributed by atoms with E-state index >= 15 is 0 Å². The molecule has 1 atom stereocenters. The number of thiol groups is 1. The number of nitrogens with one attached hydrogen (secondary N) is 1. The molecule has 0 aliphatic rings. The number of rotatable bonds is 9. The van der Waals surface area contributed by atoms with Gasteiger partial charge in [0.05, 0.1) is 12.4 Å². The molecule has 3 nitrogen and oxygen atoms in total. The van der Waals surface area contributed by atoms with Gasteiger partial charge in [-0.3, -0.25) is 4.79 Å². The second kappa shape index (κ2) is 9.28. The van der Waals surface area contributed by atoms with Crippen LogP contribution < -0.4 is 10.1 Å². The second-order valence-electron chi connectivity index (χ2n) is 4.21. The van der Waals surface area contributed by atoms with Gasteiger partial charge in [-0.25, -0.2) is 0 Å². The first-order chi connectivity index (χ1) is 9.13. The molecular weight excluding hydrogens is 278 g/mol. The summed E-state index contributed by atoms with van der Waals surface area (Å²) in [5.74, 6) is 1.49. The molecule has 106 valence electrons. The van der Waals surface area contributed by atoms with Crippen molar-refractivity contribution in [2.75, 3.05) is 25.2 Å². The van der Waals surface area contributed by atoms with Gasteiger partial charge in [0.25, 0.3) is 0 Å². The smallest absolute Gasteiger partial charge is 0.172 e. The first-order valence-corrected chi connectivity index (χ1v) is 8.21. The summed E-state index contributed by atoms with van der Waals surface area (Å²) in [5.41, 5.74) is 0.743. The van der Waals surface area contributed by atoms with Crippen LogP contribution in [-0.2, 0) is 0 Å². The molecule has 0 saturated heterocycles. The summed E-state index contributed by atoms with van der Waals surface area (Å²) in [6.45, 7) is 3.54. The van der Waals surface area contributed by atoms with E-state index in [2.05, 4.69) is 17.9 Å². The Morgan fingerprint density at radius 3 is 2.68 bits per heavy atom. The van der Waals surface area contributed by atoms with Gasteiger partial charge in [-0.15, -0.1) is 0 Å². The maximum Gasteiger partial charge on any atom is 0.172 e. The van der Waals surface area contributed by atoms with Crippen LogP contribution in [0.3, 0.4) is 0 Å². The summed E-state index contributed by atoms with van der Waals surface area (Å²) in [6, 6.07) is 7.34. The van der Waals surface area contributed by atoms with Crippen molar-refractivity contribution >= 4 is 30.2 Å². The Morgan fingerprint density at radius 2 is 2.11 bits per heavy atom. The van der Waals surface area contributed by atoms with Crippen LogP contribution >= 0.6 is 24.4 Å². The topological polar surface area (TPSA) is 38.3 Å². The highest BCUT2D eigenvalue weighted by molar-refractivity contribution is 7.99. The minimum absolute atomic E-state index is 0.158. The molecule has 1 N–H and O–H groups in total. The minimum atomic E-state index is 0.158. The number of carbonyl (C=O) groups excluding carboxylic acids is 1. The van der Waals surface area contributed by atoms with E-state index < -0.39 is 0 Å². The van der Waals surface area contributed by atoms with Crippen LogP contribution in [0.1, 0.15) is 23.7 Å². The van der Waals surface area contributed by atoms with Crippen LogP contribution in [0.4, 0.5) is 0 Å². The van der Waals surface area contributed by atoms with Crippen LogP contribution in [0.15, 0.2) is 24.3 Å². The first kappa shape index (κ1) is 16.4. The van der Waals surface area contributed by atoms with E-state index in [0.29, 0.717) is 12.4 Å². The van der Waals surface area contributed by atoms with Crippen LogP contribution in [0.2, 0.25) is 0 Å². The highest BCUT2D eigenvalue weighted by atomic mass is 32.2. The largest absolute Gasteiger partial charge is 0.494 e. The quantitative estimate of drug-likeness (QED) is 0.318. The third-order valence-corrected chi connectivity index (χ3v) is 3.21. The molecule has 5 heteroatoms. The third-order valence-electron chi connectivity index (χ3n) is 2.48. The fourth-order valence-corrected chi connectivity index (χ4v) is 2.08. The van der Waals surface area contributed by atoms with Crippen molar-refractivity contribution in [1.29, 1.82) is 0 Å². The van der Waals surface area contributed by atoms with Gasteiger partial charge in [-0.1, -0.05) is 0 Å². The van der Waals surface area contributed by atoms with Crippen LogP contribution in [0.25, 0.3) is 0 Å². The molecule has 0 fully saturated rings. The zero-order chi connectivity index (χ0) is 14.1. The molecule has 0 spiro atoms. The van der Waals surface area contributed by atoms with E-state index in [1.54, 1.807) is 0 Å². The molecule has 1 rings (SSSR count). The van der Waals surface area contributed by atoms with E-state index in [4.69, 9.17) is 4.74 Å². The van der Waals surface area contributed by atoms with Crippen molar-refractivity contribution in [3.8, 4) is 5.75 Å². The summed E-state index contributed by atoms with van der Waals surface area (Å²) in [4.78, 5) is 11.6. The molecule has 0 aliphatic heterocycles. The molecule has 1 unspecified atom stereocenters. The molecular formula is C14H21NO2S2. The van der Waals surface area contributed by atoms with Gasteiger partial charge in [0.2, 0.25) is 0 Å². The highest BCUT2D eigenvalue weighted by Gasteiger charge is 2.04. The maximum atomic E-state index is 11.6. The van der Waals surface area contributed by atoms with Gasteiger partial charge in [0.15, 0.2) is 5.78 Å². The summed E-state index contributed by atoms with van der Waals surface area (Å²) >= 11 is 5.77. The number of ether oxygens (including phenoxy) is 1. The lowest BCUT2D eigenvalue weighted by atomic mass is 10.1. The minimum Gasteiger partial charge on any atom is -0.494 e. The molecule has 0 bridgehead atoms. The number of hydrogen-bond donors (Lipinski definition) is 2. The maximum absolute atomic E-state index is 11.6. The Kier molecular flexibility index (Phi) is 8.02. The average Bonchev–Trinajstić information content (AvgIpc) is 2.39. The molecule has 1 aromatic carbocycles. The molecule has 1 aromatic rings. The lowest BCUT2D eigenvalue weighted by molar-refractivity contribution is 0.102. The number of benzene rings is 1. The Balaban J connectivity index is 2.30. The molecule has 0 radical (unpaired) electrons. The van der Waals surface area contributed by atoms with Crippen molar-refractivity contribution in [3.63, 3.8) is 0 Å². The van der Waals surface area contributed by atoms with E-state index in [-0.39, 0.29) is 11.2 Å². The number of carbonyl (C=O) groups is 1. The Labute approximate surface area is 124 Å². The number of Topliss-reactive ketones (excluding diaryl/α,β-unsaturated/α-hetero) is 1. The standard InChI is InChI=1S/C14H21NO2S2/c1-11(18)15-8-3-9-17-13-6-4-12(5-7-13)14(16)10-19-2/h4-7,11,15,18H,3,8-10H2,1-2H3. The fraction of sp³-hybridized carbons (Fsp3) is 0.500. The predicted molar refractivity (Wildman–Crippen MR) is 85.7 cm³/mol. The van der Waals surface area contributed by atoms with Crippen LogP contribution in [-0.4, -0.2) is 36.3 Å². The van der Waals surface area contributed by atoms with Gasteiger partial charge in [-0.05, 0) is 50.4 Å². The molecule has 0 aromatic heterocycles. The summed E-state index contributed by atoms with van der Waals surface area (Å²) in [6.07, 6.45) is 2.85. The zero-order valence-corrected chi connectivity index (χ0v) is 13.1. The summed E-state index contributed by atoms with van der Waals surface area (Å²) in [7, 11) is 0. The van der Waals surface area contributed by atoms with E-state index in [1.165, 1.54) is 11.8 Å². The van der Waals surface area contributed by atoms with Crippen molar-refractivity contribution in [2.24, 2.45) is 0 Å². The summed E-state index contributed by atoms with van der Waals surface area (Å²) < 4.78 is 5.60. The third kappa shape index (κ3) is 6.89. The number of ketones is 1. The van der Waals surface area contributed by atoms with Crippen molar-refractivity contribution in [3.05, 3.63) is 29.8 Å². The molecule has 0 saturated carbocycles. The van der Waals surface area contributed by atoms with E-state index in [1.807, 2.05) is 37.4 Å². The molecule has 0 aliphatic carbocycles. The fourth-order valence-electron chi connectivity index (χ4n) is 1.52. The SMILES string of the molecule is CSCC(=O)c1ccc(OCCCNC(C)S)cc1. The highest BCUT2D eigenvalue weighted by Crippen LogP contribution is 2.13. The van der Waals surface area contributed by atoms with Gasteiger partial charge in [0.1, 0.15) is 5.75 Å². The monoisotopic (exact) mass is 299 g/mol. The van der Waals surface area contributed by atoms with Crippen molar-refractivity contribution < 1.29 is 9.53 Å². The Bertz CT molecular complexity index is 380. The van der Waals surface area contributed by atoms with Gasteiger partial charge in [0, 0.05) is 10.9 Å². The first-order valence-electron chi connectivity index (χ1n) is 6.30. The molecule has 19 heavy (non-hydrogen) atoms. The van der Waals surface area contributed by atoms with Gasteiger partial charge >= 0.3 is 0 Å². The normalized spacial score (nSPS) is 12.2. The van der Waals surface area contributed by atoms with Crippen LogP contribution in [0.5, 0.6) is 5.75 Å². The summed E-state index contributed by atoms with van der Waals surface area (Å²) in [5, 5.41) is 3.42. The van der Waals surface area contributed by atoms with Crippen LogP contribution in [0, 0.1) is 0 Å².